The molecular weight excluding hydrogens is 168 g/mol. The minimum atomic E-state index is 0.0859. The number of carbonyl (C=O) groups excluding carboxylic acids is 1. The van der Waals surface area contributed by atoms with Crippen LogP contribution in [0.25, 0.3) is 10.4 Å². The van der Waals surface area contributed by atoms with Gasteiger partial charge in [-0.1, -0.05) is 18.5 Å². The first-order valence-electron chi connectivity index (χ1n) is 4.58. The molecule has 0 aliphatic heterocycles. The van der Waals surface area contributed by atoms with Gasteiger partial charge in [-0.25, -0.2) is 0 Å². The minimum Gasteiger partial charge on any atom is -0.356 e. The summed E-state index contributed by atoms with van der Waals surface area (Å²) in [6, 6.07) is 0. The summed E-state index contributed by atoms with van der Waals surface area (Å²) in [6.07, 6.45) is 3.27. The lowest BCUT2D eigenvalue weighted by Crippen LogP contribution is -2.24. The molecule has 74 valence electrons. The van der Waals surface area contributed by atoms with Crippen LogP contribution in [-0.4, -0.2) is 19.0 Å². The first-order valence-corrected chi connectivity index (χ1v) is 4.58. The van der Waals surface area contributed by atoms with Crippen molar-refractivity contribution in [2.75, 3.05) is 13.1 Å². The Morgan fingerprint density at radius 3 is 2.92 bits per heavy atom. The Hall–Kier alpha value is -1.22. The van der Waals surface area contributed by atoms with Gasteiger partial charge in [-0.2, -0.15) is 0 Å². The van der Waals surface area contributed by atoms with E-state index in [9.17, 15) is 4.79 Å². The third-order valence-corrected chi connectivity index (χ3v) is 1.58. The summed E-state index contributed by atoms with van der Waals surface area (Å²) in [5.74, 6) is 0.0859. The van der Waals surface area contributed by atoms with Crippen LogP contribution in [0.15, 0.2) is 5.11 Å². The molecule has 0 spiro atoms. The third-order valence-electron chi connectivity index (χ3n) is 1.58. The molecule has 0 aromatic heterocycles. The molecule has 13 heavy (non-hydrogen) atoms. The maximum absolute atomic E-state index is 11.0. The monoisotopic (exact) mass is 184 g/mol. The minimum absolute atomic E-state index is 0.0859. The first-order chi connectivity index (χ1) is 6.31. The number of azide groups is 1. The molecular formula is C8H16N4O. The van der Waals surface area contributed by atoms with Gasteiger partial charge in [0.15, 0.2) is 0 Å². The molecule has 0 aromatic rings. The van der Waals surface area contributed by atoms with Crippen LogP contribution in [0.4, 0.5) is 0 Å². The number of hydrogen-bond donors (Lipinski definition) is 1. The number of carbonyl (C=O) groups is 1. The van der Waals surface area contributed by atoms with Gasteiger partial charge < -0.3 is 5.32 Å². The van der Waals surface area contributed by atoms with E-state index in [2.05, 4.69) is 22.3 Å². The van der Waals surface area contributed by atoms with Crippen LogP contribution in [-0.2, 0) is 4.79 Å². The van der Waals surface area contributed by atoms with Crippen molar-refractivity contribution in [1.82, 2.24) is 5.32 Å². The number of unbranched alkanes of at least 4 members (excludes halogenated alkanes) is 1. The Bertz CT molecular complexity index is 187. The molecule has 0 bridgehead atoms. The summed E-state index contributed by atoms with van der Waals surface area (Å²) < 4.78 is 0. The Kier molecular flexibility index (Phi) is 8.04. The fourth-order valence-corrected chi connectivity index (χ4v) is 0.848. The number of hydrogen-bond acceptors (Lipinski definition) is 2. The van der Waals surface area contributed by atoms with E-state index in [1.807, 2.05) is 0 Å². The van der Waals surface area contributed by atoms with E-state index in [1.54, 1.807) is 0 Å². The Morgan fingerprint density at radius 1 is 1.54 bits per heavy atom. The molecule has 0 rings (SSSR count). The van der Waals surface area contributed by atoms with Crippen molar-refractivity contribution in [2.24, 2.45) is 5.11 Å². The average molecular weight is 184 g/mol. The fraction of sp³-hybridized carbons (Fsp3) is 0.875. The van der Waals surface area contributed by atoms with Crippen LogP contribution in [0.5, 0.6) is 0 Å². The Labute approximate surface area is 78.1 Å². The molecule has 5 nitrogen and oxygen atoms in total. The topological polar surface area (TPSA) is 77.9 Å². The smallest absolute Gasteiger partial charge is 0.219 e. The van der Waals surface area contributed by atoms with Gasteiger partial charge in [-0.05, 0) is 18.4 Å². The zero-order valence-electron chi connectivity index (χ0n) is 7.99. The van der Waals surface area contributed by atoms with Crippen LogP contribution < -0.4 is 5.32 Å². The first kappa shape index (κ1) is 11.8. The molecule has 1 amide bonds. The number of rotatable bonds is 7. The van der Waals surface area contributed by atoms with Crippen LogP contribution >= 0.6 is 0 Å². The molecule has 1 N–H and O–H groups in total. The van der Waals surface area contributed by atoms with Crippen molar-refractivity contribution in [3.8, 4) is 0 Å². The highest BCUT2D eigenvalue weighted by atomic mass is 16.1. The molecule has 0 saturated carbocycles. The summed E-state index contributed by atoms with van der Waals surface area (Å²) in [6.45, 7) is 3.10. The molecule has 0 radical (unpaired) electrons. The summed E-state index contributed by atoms with van der Waals surface area (Å²) >= 11 is 0. The second-order valence-corrected chi connectivity index (χ2v) is 2.76. The van der Waals surface area contributed by atoms with Crippen LogP contribution in [0.3, 0.4) is 0 Å². The highest BCUT2D eigenvalue weighted by Crippen LogP contribution is 1.92. The highest BCUT2D eigenvalue weighted by molar-refractivity contribution is 5.75. The normalized spacial score (nSPS) is 9.00. The molecule has 0 aromatic carbocycles. The van der Waals surface area contributed by atoms with Crippen molar-refractivity contribution >= 4 is 5.91 Å². The van der Waals surface area contributed by atoms with Crippen molar-refractivity contribution in [2.45, 2.75) is 32.6 Å². The van der Waals surface area contributed by atoms with E-state index in [0.717, 1.165) is 12.8 Å². The molecule has 0 fully saturated rings. The van der Waals surface area contributed by atoms with Gasteiger partial charge in [0.05, 0.1) is 0 Å². The fourth-order valence-electron chi connectivity index (χ4n) is 0.848. The highest BCUT2D eigenvalue weighted by Gasteiger charge is 1.97. The van der Waals surface area contributed by atoms with Crippen molar-refractivity contribution in [3.05, 3.63) is 10.4 Å². The summed E-state index contributed by atoms with van der Waals surface area (Å²) in [5, 5.41) is 6.11. The van der Waals surface area contributed by atoms with Gasteiger partial charge in [0.1, 0.15) is 0 Å². The molecule has 0 heterocycles. The molecule has 0 aliphatic carbocycles. The Balaban J connectivity index is 3.21. The standard InChI is InChI=1S/C8H16N4O/c1-2-3-5-8(13)10-6-4-7-11-12-9/h2-7H2,1H3,(H,10,13). The Morgan fingerprint density at radius 2 is 2.31 bits per heavy atom. The second-order valence-electron chi connectivity index (χ2n) is 2.76. The van der Waals surface area contributed by atoms with Gasteiger partial charge in [0.2, 0.25) is 5.91 Å². The third kappa shape index (κ3) is 8.69. The van der Waals surface area contributed by atoms with Gasteiger partial charge in [-0.3, -0.25) is 4.79 Å². The van der Waals surface area contributed by atoms with Crippen LogP contribution in [0, 0.1) is 0 Å². The zero-order valence-corrected chi connectivity index (χ0v) is 7.99. The molecule has 0 saturated heterocycles. The number of amides is 1. The largest absolute Gasteiger partial charge is 0.356 e. The quantitative estimate of drug-likeness (QED) is 0.279. The zero-order chi connectivity index (χ0) is 9.94. The maximum Gasteiger partial charge on any atom is 0.219 e. The lowest BCUT2D eigenvalue weighted by atomic mass is 10.2. The molecule has 0 atom stereocenters. The van der Waals surface area contributed by atoms with Crippen molar-refractivity contribution in [3.63, 3.8) is 0 Å². The predicted molar refractivity (Wildman–Crippen MR) is 51.2 cm³/mol. The van der Waals surface area contributed by atoms with E-state index >= 15 is 0 Å². The van der Waals surface area contributed by atoms with Gasteiger partial charge in [0.25, 0.3) is 0 Å². The summed E-state index contributed by atoms with van der Waals surface area (Å²) in [4.78, 5) is 13.6. The summed E-state index contributed by atoms with van der Waals surface area (Å²) in [7, 11) is 0. The summed E-state index contributed by atoms with van der Waals surface area (Å²) in [5.41, 5.74) is 7.96. The molecule has 5 heteroatoms. The predicted octanol–water partition coefficient (Wildman–Crippen LogP) is 1.99. The van der Waals surface area contributed by atoms with E-state index in [-0.39, 0.29) is 5.91 Å². The number of nitrogens with zero attached hydrogens (tertiary/aromatic N) is 3. The van der Waals surface area contributed by atoms with E-state index in [4.69, 9.17) is 5.53 Å². The van der Waals surface area contributed by atoms with Crippen molar-refractivity contribution < 1.29 is 4.79 Å². The SMILES string of the molecule is CCCCC(=O)NCCCN=[N+]=[N-]. The maximum atomic E-state index is 11.0. The number of nitrogens with one attached hydrogen (secondary N) is 1. The van der Waals surface area contributed by atoms with Gasteiger partial charge in [-0.15, -0.1) is 0 Å². The molecule has 0 aliphatic rings. The second kappa shape index (κ2) is 8.87. The lowest BCUT2D eigenvalue weighted by Gasteiger charge is -2.02. The molecule has 0 unspecified atom stereocenters. The lowest BCUT2D eigenvalue weighted by molar-refractivity contribution is -0.121. The average Bonchev–Trinajstić information content (AvgIpc) is 2.14. The van der Waals surface area contributed by atoms with Gasteiger partial charge in [0, 0.05) is 24.4 Å². The van der Waals surface area contributed by atoms with Crippen LogP contribution in [0.2, 0.25) is 0 Å². The van der Waals surface area contributed by atoms with Crippen LogP contribution in [0.1, 0.15) is 32.6 Å². The van der Waals surface area contributed by atoms with Gasteiger partial charge >= 0.3 is 0 Å². The van der Waals surface area contributed by atoms with E-state index in [1.165, 1.54) is 0 Å². The van der Waals surface area contributed by atoms with E-state index < -0.39 is 0 Å². The van der Waals surface area contributed by atoms with E-state index in [0.29, 0.717) is 25.9 Å². The van der Waals surface area contributed by atoms with Crippen molar-refractivity contribution in [1.29, 1.82) is 0 Å².